The van der Waals surface area contributed by atoms with Gasteiger partial charge in [0.15, 0.2) is 6.29 Å². The highest BCUT2D eigenvalue weighted by Gasteiger charge is 2.52. The van der Waals surface area contributed by atoms with Gasteiger partial charge >= 0.3 is 0 Å². The molecule has 2 unspecified atom stereocenters. The Bertz CT molecular complexity index is 1540. The summed E-state index contributed by atoms with van der Waals surface area (Å²) in [6.45, 7) is 6.21. The van der Waals surface area contributed by atoms with Crippen LogP contribution in [0, 0.1) is 11.7 Å². The van der Waals surface area contributed by atoms with Gasteiger partial charge in [0.1, 0.15) is 16.3 Å². The Kier molecular flexibility index (Phi) is 14.2. The minimum Gasteiger partial charge on any atom is -0.368 e. The van der Waals surface area contributed by atoms with Crippen molar-refractivity contribution in [2.45, 2.75) is 56.9 Å². The van der Waals surface area contributed by atoms with E-state index in [0.29, 0.717) is 16.7 Å². The molecule has 4 N–H and O–H groups in total. The lowest BCUT2D eigenvalue weighted by molar-refractivity contribution is -0.166. The molecule has 252 valence electrons. The summed E-state index contributed by atoms with van der Waals surface area (Å²) in [7, 11) is -9.04. The number of nitrogens with one attached hydrogen (secondary N) is 2. The largest absolute Gasteiger partial charge is 0.368 e. The number of hydrogen-bond acceptors (Lipinski definition) is 8. The van der Waals surface area contributed by atoms with Crippen molar-refractivity contribution in [2.75, 3.05) is 32.6 Å². The molecule has 0 aromatic heterocycles. The van der Waals surface area contributed by atoms with Crippen LogP contribution in [0.15, 0.2) is 47.4 Å². The van der Waals surface area contributed by atoms with Gasteiger partial charge in [-0.05, 0) is 70.0 Å². The topological polar surface area (TPSA) is 174 Å². The number of nitrogens with zero attached hydrogens (tertiary/aromatic N) is 1. The highest BCUT2D eigenvalue weighted by atomic mass is 35.5. The first-order valence-corrected chi connectivity index (χ1v) is 18.0. The summed E-state index contributed by atoms with van der Waals surface area (Å²) in [5.41, 5.74) is 3.72. The summed E-state index contributed by atoms with van der Waals surface area (Å²) in [5.74, 6) is -4.68. The number of nitrogens with two attached hydrogens (primary N) is 1. The Hall–Kier alpha value is -2.37. The van der Waals surface area contributed by atoms with Crippen molar-refractivity contribution in [3.63, 3.8) is 0 Å². The molecule has 2 amide bonds. The quantitative estimate of drug-likeness (QED) is 0.198. The average molecular weight is 714 g/mol. The van der Waals surface area contributed by atoms with Crippen molar-refractivity contribution in [1.29, 1.82) is 0 Å². The van der Waals surface area contributed by atoms with E-state index in [9.17, 15) is 30.8 Å². The molecule has 0 aliphatic heterocycles. The van der Waals surface area contributed by atoms with Gasteiger partial charge in [0, 0.05) is 30.8 Å². The Balaban J connectivity index is 2.79. The molecular formula is C28H39Cl2FN4O8S2. The maximum absolute atomic E-state index is 14.5. The van der Waals surface area contributed by atoms with Crippen LogP contribution in [0.2, 0.25) is 10.0 Å². The first kappa shape index (κ1) is 38.8. The predicted octanol–water partition coefficient (Wildman–Crippen LogP) is 2.68. The van der Waals surface area contributed by atoms with Gasteiger partial charge in [-0.3, -0.25) is 9.59 Å². The number of ether oxygens (including phenoxy) is 2. The molecule has 0 radical (unpaired) electrons. The number of sulfonamides is 2. The highest BCUT2D eigenvalue weighted by molar-refractivity contribution is 7.89. The monoisotopic (exact) mass is 712 g/mol. The average Bonchev–Trinajstić information content (AvgIpc) is 2.94. The second kappa shape index (κ2) is 16.5. The molecule has 0 saturated heterocycles. The second-order valence-corrected chi connectivity index (χ2v) is 14.7. The summed E-state index contributed by atoms with van der Waals surface area (Å²) < 4.78 is 81.7. The summed E-state index contributed by atoms with van der Waals surface area (Å²) in [5, 5.41) is 0.0270. The normalized spacial score (nSPS) is 14.4. The lowest BCUT2D eigenvalue weighted by Crippen LogP contribution is -2.70. The number of halogens is 3. The molecule has 0 saturated carbocycles. The van der Waals surface area contributed by atoms with Gasteiger partial charge in [-0.25, -0.2) is 25.9 Å². The fourth-order valence-corrected chi connectivity index (χ4v) is 7.30. The van der Waals surface area contributed by atoms with Crippen LogP contribution in [0.4, 0.5) is 4.39 Å². The van der Waals surface area contributed by atoms with Crippen LogP contribution < -0.4 is 15.2 Å². The second-order valence-electron chi connectivity index (χ2n) is 10.4. The van der Waals surface area contributed by atoms with Crippen LogP contribution in [0.3, 0.4) is 0 Å². The number of carbonyl (C=O) groups excluding carboxylic acids is 2. The van der Waals surface area contributed by atoms with E-state index in [2.05, 4.69) is 9.44 Å². The first-order valence-electron chi connectivity index (χ1n) is 13.9. The standard InChI is InChI=1S/C28H39Cl2FN4O8S2/c1-6-42-25(43-7-2)16-35(18(3)4)26(36)22(14-19-8-10-20(29)11-9-19)28(27(32)37,34-44(5,38)39)17-33-45(40,41)24-15-21(31)12-13-23(24)30/h8-13,15,18,22,25,33-34H,6-7,14,16-17H2,1-5H3,(H2,32,37). The molecule has 12 nitrogen and oxygen atoms in total. The molecule has 2 aromatic carbocycles. The number of benzene rings is 2. The Labute approximate surface area is 273 Å². The van der Waals surface area contributed by atoms with E-state index in [1.807, 2.05) is 0 Å². The van der Waals surface area contributed by atoms with E-state index < -0.39 is 72.9 Å². The van der Waals surface area contributed by atoms with Gasteiger partial charge < -0.3 is 20.1 Å². The third-order valence-electron chi connectivity index (χ3n) is 6.73. The van der Waals surface area contributed by atoms with Crippen LogP contribution in [0.25, 0.3) is 0 Å². The maximum atomic E-state index is 14.5. The molecule has 0 aliphatic carbocycles. The van der Waals surface area contributed by atoms with E-state index in [1.54, 1.807) is 39.8 Å². The molecular weight excluding hydrogens is 674 g/mol. The summed E-state index contributed by atoms with van der Waals surface area (Å²) in [6, 6.07) is 8.27. The Morgan fingerprint density at radius 3 is 2.09 bits per heavy atom. The lowest BCUT2D eigenvalue weighted by atomic mass is 9.78. The smallest absolute Gasteiger partial charge is 0.242 e. The third kappa shape index (κ3) is 10.8. The van der Waals surface area contributed by atoms with E-state index >= 15 is 0 Å². The van der Waals surface area contributed by atoms with Crippen molar-refractivity contribution >= 4 is 55.1 Å². The molecule has 2 aromatic rings. The van der Waals surface area contributed by atoms with Gasteiger partial charge in [-0.15, -0.1) is 0 Å². The molecule has 0 fully saturated rings. The Morgan fingerprint density at radius 1 is 1.02 bits per heavy atom. The lowest BCUT2D eigenvalue weighted by Gasteiger charge is -2.41. The third-order valence-corrected chi connectivity index (χ3v) is 9.60. The zero-order chi connectivity index (χ0) is 34.2. The molecule has 0 spiro atoms. The van der Waals surface area contributed by atoms with Gasteiger partial charge in [0.2, 0.25) is 31.9 Å². The van der Waals surface area contributed by atoms with Gasteiger partial charge in [-0.2, -0.15) is 4.72 Å². The fourth-order valence-electron chi connectivity index (χ4n) is 4.61. The number of hydrogen-bond donors (Lipinski definition) is 3. The molecule has 45 heavy (non-hydrogen) atoms. The number of carbonyl (C=O) groups is 2. The van der Waals surface area contributed by atoms with Crippen molar-refractivity contribution in [2.24, 2.45) is 11.7 Å². The van der Waals surface area contributed by atoms with Crippen molar-refractivity contribution in [3.8, 4) is 0 Å². The molecule has 0 bridgehead atoms. The number of primary amides is 1. The summed E-state index contributed by atoms with van der Waals surface area (Å²) in [6.07, 6.45) is -0.435. The SMILES string of the molecule is CCOC(CN(C(=O)C(Cc1ccc(Cl)cc1)C(CNS(=O)(=O)c1cc(F)ccc1Cl)(NS(C)(=O)=O)C(N)=O)C(C)C)OCC. The predicted molar refractivity (Wildman–Crippen MR) is 169 cm³/mol. The molecule has 2 atom stereocenters. The van der Waals surface area contributed by atoms with Crippen molar-refractivity contribution < 1.29 is 40.3 Å². The van der Waals surface area contributed by atoms with Crippen LogP contribution in [-0.2, 0) is 45.5 Å². The van der Waals surface area contributed by atoms with E-state index in [0.717, 1.165) is 18.4 Å². The maximum Gasteiger partial charge on any atom is 0.242 e. The summed E-state index contributed by atoms with van der Waals surface area (Å²) >= 11 is 12.1. The van der Waals surface area contributed by atoms with Gasteiger partial charge in [-0.1, -0.05) is 35.3 Å². The molecule has 2 rings (SSSR count). The minimum absolute atomic E-state index is 0.117. The van der Waals surface area contributed by atoms with E-state index in [-0.39, 0.29) is 31.2 Å². The minimum atomic E-state index is -4.69. The molecule has 0 aliphatic rings. The Morgan fingerprint density at radius 2 is 1.60 bits per heavy atom. The number of rotatable bonds is 18. The zero-order valence-corrected chi connectivity index (χ0v) is 28.7. The van der Waals surface area contributed by atoms with E-state index in [1.165, 1.54) is 17.0 Å². The number of amides is 2. The van der Waals surface area contributed by atoms with Crippen LogP contribution in [0.1, 0.15) is 33.3 Å². The zero-order valence-electron chi connectivity index (χ0n) is 25.5. The van der Waals surface area contributed by atoms with Gasteiger partial charge in [0.25, 0.3) is 0 Å². The van der Waals surface area contributed by atoms with Crippen molar-refractivity contribution in [1.82, 2.24) is 14.3 Å². The first-order chi connectivity index (χ1) is 20.9. The van der Waals surface area contributed by atoms with Gasteiger partial charge in [0.05, 0.1) is 23.7 Å². The van der Waals surface area contributed by atoms with Crippen LogP contribution in [0.5, 0.6) is 0 Å². The molecule has 0 heterocycles. The highest BCUT2D eigenvalue weighted by Crippen LogP contribution is 2.29. The molecule has 17 heteroatoms. The van der Waals surface area contributed by atoms with Crippen molar-refractivity contribution in [3.05, 3.63) is 63.9 Å². The van der Waals surface area contributed by atoms with Crippen LogP contribution >= 0.6 is 23.2 Å². The van der Waals surface area contributed by atoms with Crippen LogP contribution in [-0.4, -0.2) is 84.0 Å². The van der Waals surface area contributed by atoms with E-state index in [4.69, 9.17) is 38.4 Å². The fraction of sp³-hybridized carbons (Fsp3) is 0.500. The summed E-state index contributed by atoms with van der Waals surface area (Å²) in [4.78, 5) is 28.6.